The fourth-order valence-electron chi connectivity index (χ4n) is 2.60. The second-order valence-corrected chi connectivity index (χ2v) is 10.4. The van der Waals surface area contributed by atoms with Crippen LogP contribution in [-0.4, -0.2) is 63.4 Å². The van der Waals surface area contributed by atoms with E-state index in [4.69, 9.17) is 4.42 Å². The van der Waals surface area contributed by atoms with E-state index in [9.17, 15) is 26.9 Å². The molecule has 2 aromatic heterocycles. The van der Waals surface area contributed by atoms with Gasteiger partial charge in [-0.25, -0.2) is 21.1 Å². The molecule has 0 amide bonds. The Kier molecular flexibility index (Phi) is 7.14. The number of nitrogens with zero attached hydrogens (tertiary/aromatic N) is 4. The Labute approximate surface area is 175 Å². The molecule has 10 nitrogen and oxygen atoms in total. The Hall–Kier alpha value is -2.59. The Bertz CT molecular complexity index is 1160. The molecule has 162 valence electrons. The van der Waals surface area contributed by atoms with E-state index in [1.165, 1.54) is 36.6 Å². The molecular weight excluding hydrogens is 432 g/mol. The molecule has 0 radical (unpaired) electrons. The highest BCUT2D eigenvalue weighted by molar-refractivity contribution is 7.89. The summed E-state index contributed by atoms with van der Waals surface area (Å²) in [4.78, 5) is 16.6. The summed E-state index contributed by atoms with van der Waals surface area (Å²) in [5, 5.41) is 9.02. The Balaban J connectivity index is 2.34. The van der Waals surface area contributed by atoms with E-state index in [1.807, 2.05) is 0 Å². The van der Waals surface area contributed by atoms with Gasteiger partial charge in [-0.2, -0.15) is 9.57 Å². The van der Waals surface area contributed by atoms with Crippen LogP contribution < -0.4 is 0 Å². The van der Waals surface area contributed by atoms with Crippen molar-refractivity contribution in [3.05, 3.63) is 41.9 Å². The predicted octanol–water partition coefficient (Wildman–Crippen LogP) is 1.45. The molecule has 0 N–H and O–H groups in total. The lowest BCUT2D eigenvalue weighted by Gasteiger charge is -2.18. The van der Waals surface area contributed by atoms with Crippen molar-refractivity contribution in [2.45, 2.75) is 29.8 Å². The van der Waals surface area contributed by atoms with E-state index in [2.05, 4.69) is 4.98 Å². The summed E-state index contributed by atoms with van der Waals surface area (Å²) in [7, 11) is -4.98. The van der Waals surface area contributed by atoms with Crippen molar-refractivity contribution in [1.82, 2.24) is 13.6 Å². The van der Waals surface area contributed by atoms with Crippen molar-refractivity contribution in [3.8, 4) is 6.07 Å². The summed E-state index contributed by atoms with van der Waals surface area (Å²) in [5.41, 5.74) is 0.0226. The number of sulfonamides is 2. The van der Waals surface area contributed by atoms with E-state index in [0.29, 0.717) is 0 Å². The van der Waals surface area contributed by atoms with Crippen LogP contribution in [-0.2, 0) is 20.0 Å². The van der Waals surface area contributed by atoms with E-state index < -0.39 is 36.8 Å². The number of furan rings is 1. The van der Waals surface area contributed by atoms with Crippen molar-refractivity contribution in [2.24, 2.45) is 0 Å². The van der Waals surface area contributed by atoms with E-state index in [1.54, 1.807) is 19.9 Å². The summed E-state index contributed by atoms with van der Waals surface area (Å²) >= 11 is 0. The van der Waals surface area contributed by atoms with Gasteiger partial charge in [0, 0.05) is 33.4 Å². The molecule has 0 aromatic carbocycles. The fourth-order valence-corrected chi connectivity index (χ4v) is 4.80. The summed E-state index contributed by atoms with van der Waals surface area (Å²) in [6.07, 6.45) is 1.09. The molecular formula is C18H22N4O6S2. The molecule has 2 aromatic rings. The monoisotopic (exact) mass is 454 g/mol. The van der Waals surface area contributed by atoms with Crippen molar-refractivity contribution >= 4 is 25.8 Å². The van der Waals surface area contributed by atoms with Crippen LogP contribution in [0.1, 0.15) is 36.0 Å². The van der Waals surface area contributed by atoms with Gasteiger partial charge in [0.2, 0.25) is 20.9 Å². The third-order valence-corrected chi connectivity index (χ3v) is 8.07. The predicted molar refractivity (Wildman–Crippen MR) is 107 cm³/mol. The molecule has 2 heterocycles. The topological polar surface area (TPSA) is 142 Å². The maximum Gasteiger partial charge on any atom is 0.275 e. The van der Waals surface area contributed by atoms with Gasteiger partial charge in [-0.3, -0.25) is 9.78 Å². The summed E-state index contributed by atoms with van der Waals surface area (Å²) in [5.74, 6) is -2.50. The van der Waals surface area contributed by atoms with Gasteiger partial charge in [0.15, 0.2) is 11.7 Å². The van der Waals surface area contributed by atoms with Crippen LogP contribution >= 0.6 is 0 Å². The number of aromatic nitrogens is 1. The first-order chi connectivity index (χ1) is 14.0. The number of nitriles is 1. The number of ketones is 1. The third-order valence-electron chi connectivity index (χ3n) is 4.35. The van der Waals surface area contributed by atoms with Crippen LogP contribution in [0.5, 0.6) is 0 Å². The second-order valence-electron chi connectivity index (χ2n) is 6.34. The van der Waals surface area contributed by atoms with Crippen LogP contribution in [0.25, 0.3) is 0 Å². The summed E-state index contributed by atoms with van der Waals surface area (Å²) in [6, 6.07) is 6.65. The van der Waals surface area contributed by atoms with E-state index in [0.717, 1.165) is 16.6 Å². The first kappa shape index (κ1) is 23.7. The third kappa shape index (κ3) is 4.44. The van der Waals surface area contributed by atoms with E-state index >= 15 is 0 Å². The number of pyridine rings is 1. The minimum absolute atomic E-state index is 0.0226. The lowest BCUT2D eigenvalue weighted by atomic mass is 9.99. The first-order valence-corrected chi connectivity index (χ1v) is 11.8. The lowest BCUT2D eigenvalue weighted by molar-refractivity contribution is 0.0945. The van der Waals surface area contributed by atoms with Gasteiger partial charge in [0.25, 0.3) is 10.0 Å². The molecule has 0 saturated heterocycles. The zero-order chi connectivity index (χ0) is 22.7. The highest BCUT2D eigenvalue weighted by Gasteiger charge is 2.30. The first-order valence-electron chi connectivity index (χ1n) is 8.93. The van der Waals surface area contributed by atoms with Gasteiger partial charge in [-0.15, -0.1) is 0 Å². The highest BCUT2D eigenvalue weighted by atomic mass is 32.2. The Morgan fingerprint density at radius 3 is 2.20 bits per heavy atom. The maximum atomic E-state index is 12.7. The van der Waals surface area contributed by atoms with Crippen molar-refractivity contribution in [1.29, 1.82) is 5.26 Å². The van der Waals surface area contributed by atoms with Gasteiger partial charge >= 0.3 is 0 Å². The molecule has 2 rings (SSSR count). The van der Waals surface area contributed by atoms with Crippen LogP contribution in [0.4, 0.5) is 0 Å². The Morgan fingerprint density at radius 2 is 1.73 bits per heavy atom. The highest BCUT2D eigenvalue weighted by Crippen LogP contribution is 2.24. The van der Waals surface area contributed by atoms with Crippen LogP contribution in [0.15, 0.2) is 44.9 Å². The smallest absolute Gasteiger partial charge is 0.275 e. The normalized spacial score (nSPS) is 13.4. The fraction of sp³-hybridized carbons (Fsp3) is 0.389. The van der Waals surface area contributed by atoms with Crippen molar-refractivity contribution in [2.75, 3.05) is 27.2 Å². The molecule has 0 bridgehead atoms. The SMILES string of the molecule is CCN(CC)S(=O)(=O)c1ccc([C@H](C#N)C(=O)c2ccc(S(=O)(=O)N(C)C)o2)nc1. The van der Waals surface area contributed by atoms with Crippen LogP contribution in [0.2, 0.25) is 0 Å². The number of hydrogen-bond donors (Lipinski definition) is 0. The maximum absolute atomic E-state index is 12.7. The van der Waals surface area contributed by atoms with Crippen molar-refractivity contribution in [3.63, 3.8) is 0 Å². The largest absolute Gasteiger partial charge is 0.440 e. The van der Waals surface area contributed by atoms with E-state index in [-0.39, 0.29) is 29.4 Å². The summed E-state index contributed by atoms with van der Waals surface area (Å²) < 4.78 is 56.6. The minimum Gasteiger partial charge on any atom is -0.440 e. The number of carbonyl (C=O) groups is 1. The zero-order valence-electron chi connectivity index (χ0n) is 16.9. The van der Waals surface area contributed by atoms with Crippen molar-refractivity contribution < 1.29 is 26.0 Å². The number of rotatable bonds is 9. The Morgan fingerprint density at radius 1 is 1.10 bits per heavy atom. The lowest BCUT2D eigenvalue weighted by Crippen LogP contribution is -2.30. The standard InChI is InChI=1S/C18H22N4O6S2/c1-5-22(6-2)29(24,25)13-7-8-15(20-12-13)14(11-19)18(23)16-9-10-17(28-16)30(26,27)21(3)4/h7-10,12,14H,5-6H2,1-4H3/t14-/m0/s1. The van der Waals surface area contributed by atoms with Gasteiger partial charge in [-0.1, -0.05) is 13.8 Å². The molecule has 0 spiro atoms. The average Bonchev–Trinajstić information content (AvgIpc) is 3.20. The molecule has 0 aliphatic carbocycles. The number of Topliss-reactive ketones (excluding diaryl/α,β-unsaturated/α-hetero) is 1. The van der Waals surface area contributed by atoms with Gasteiger partial charge < -0.3 is 4.42 Å². The molecule has 0 fully saturated rings. The minimum atomic E-state index is -3.88. The molecule has 0 aliphatic rings. The summed E-state index contributed by atoms with van der Waals surface area (Å²) in [6.45, 7) is 4.00. The molecule has 0 unspecified atom stereocenters. The number of hydrogen-bond acceptors (Lipinski definition) is 8. The molecule has 12 heteroatoms. The molecule has 1 atom stereocenters. The molecule has 0 aliphatic heterocycles. The molecule has 30 heavy (non-hydrogen) atoms. The molecule has 0 saturated carbocycles. The number of carbonyl (C=O) groups excluding carboxylic acids is 1. The second kappa shape index (κ2) is 9.05. The van der Waals surface area contributed by atoms with Gasteiger partial charge in [0.05, 0.1) is 11.8 Å². The van der Waals surface area contributed by atoms with Crippen LogP contribution in [0.3, 0.4) is 0 Å². The quantitative estimate of drug-likeness (QED) is 0.518. The van der Waals surface area contributed by atoms with Crippen LogP contribution in [0, 0.1) is 11.3 Å². The van der Waals surface area contributed by atoms with Gasteiger partial charge in [-0.05, 0) is 24.3 Å². The van der Waals surface area contributed by atoms with Gasteiger partial charge in [0.1, 0.15) is 4.90 Å². The zero-order valence-corrected chi connectivity index (χ0v) is 18.6. The average molecular weight is 455 g/mol.